The third-order valence-electron chi connectivity index (χ3n) is 3.19. The number of nitrogens with zero attached hydrogens (tertiary/aromatic N) is 2. The molecule has 6 heteroatoms. The number of Topliss-reactive ketones (excluding diaryl/α,β-unsaturated/α-hetero) is 1. The first-order chi connectivity index (χ1) is 9.78. The van der Waals surface area contributed by atoms with Crippen LogP contribution in [0.4, 0.5) is 0 Å². The first-order valence-electron chi connectivity index (χ1n) is 6.49. The molecule has 1 heterocycles. The number of hydrogen-bond acceptors (Lipinski definition) is 5. The van der Waals surface area contributed by atoms with Crippen molar-refractivity contribution in [1.29, 1.82) is 0 Å². The summed E-state index contributed by atoms with van der Waals surface area (Å²) < 4.78 is 5.19. The number of methoxy groups -OCH3 is 1. The second kappa shape index (κ2) is 5.66. The van der Waals surface area contributed by atoms with Gasteiger partial charge in [-0.25, -0.2) is 4.98 Å². The van der Waals surface area contributed by atoms with Gasteiger partial charge in [-0.1, -0.05) is 23.9 Å². The number of aromatic amines is 1. The molecular weight excluding hydrogens is 274 g/mol. The predicted octanol–water partition coefficient (Wildman–Crippen LogP) is 2.67. The fraction of sp³-hybridized carbons (Fsp3) is 0.357. The van der Waals surface area contributed by atoms with Crippen molar-refractivity contribution in [2.45, 2.75) is 23.9 Å². The number of hydrogen-bond donors (Lipinski definition) is 1. The lowest BCUT2D eigenvalue weighted by molar-refractivity contribution is 0.101. The molecule has 1 aromatic heterocycles. The fourth-order valence-electron chi connectivity index (χ4n) is 1.94. The Morgan fingerprint density at radius 3 is 3.00 bits per heavy atom. The Kier molecular flexibility index (Phi) is 3.73. The van der Waals surface area contributed by atoms with Crippen LogP contribution >= 0.6 is 11.8 Å². The largest absolute Gasteiger partial charge is 0.496 e. The van der Waals surface area contributed by atoms with Gasteiger partial charge in [0.25, 0.3) is 0 Å². The molecule has 0 saturated heterocycles. The van der Waals surface area contributed by atoms with E-state index in [1.807, 2.05) is 12.1 Å². The summed E-state index contributed by atoms with van der Waals surface area (Å²) in [6.07, 6.45) is 2.36. The van der Waals surface area contributed by atoms with E-state index in [1.54, 1.807) is 19.2 Å². The zero-order chi connectivity index (χ0) is 13.9. The fourth-order valence-corrected chi connectivity index (χ4v) is 2.63. The maximum atomic E-state index is 12.2. The number of carbonyl (C=O) groups excluding carboxylic acids is 1. The van der Waals surface area contributed by atoms with Gasteiger partial charge in [-0.05, 0) is 25.0 Å². The van der Waals surface area contributed by atoms with Crippen LogP contribution in [-0.2, 0) is 0 Å². The molecule has 0 atom stereocenters. The minimum atomic E-state index is 0.0187. The normalized spacial score (nSPS) is 14.2. The molecule has 5 nitrogen and oxygen atoms in total. The van der Waals surface area contributed by atoms with Crippen molar-refractivity contribution < 1.29 is 9.53 Å². The van der Waals surface area contributed by atoms with Gasteiger partial charge in [0.1, 0.15) is 11.6 Å². The third kappa shape index (κ3) is 2.85. The van der Waals surface area contributed by atoms with Gasteiger partial charge in [0.15, 0.2) is 5.78 Å². The lowest BCUT2D eigenvalue weighted by Gasteiger charge is -2.05. The standard InChI is InChI=1S/C14H15N3O2S/c1-19-12-5-3-2-4-10(12)11(18)8-20-14-15-13(16-17-14)9-6-7-9/h2-5,9H,6-8H2,1H3,(H,15,16,17). The van der Waals surface area contributed by atoms with Gasteiger partial charge in [-0.3, -0.25) is 9.89 Å². The van der Waals surface area contributed by atoms with Crippen LogP contribution in [0.3, 0.4) is 0 Å². The van der Waals surface area contributed by atoms with E-state index in [9.17, 15) is 4.79 Å². The van der Waals surface area contributed by atoms with Gasteiger partial charge in [0.05, 0.1) is 18.4 Å². The topological polar surface area (TPSA) is 67.9 Å². The quantitative estimate of drug-likeness (QED) is 0.654. The second-order valence-corrected chi connectivity index (χ2v) is 5.63. The number of thioether (sulfide) groups is 1. The molecule has 1 N–H and O–H groups in total. The number of ether oxygens (including phenoxy) is 1. The highest BCUT2D eigenvalue weighted by atomic mass is 32.2. The van der Waals surface area contributed by atoms with E-state index in [4.69, 9.17) is 4.74 Å². The third-order valence-corrected chi connectivity index (χ3v) is 4.03. The summed E-state index contributed by atoms with van der Waals surface area (Å²) in [5, 5.41) is 7.70. The number of aromatic nitrogens is 3. The molecule has 104 valence electrons. The van der Waals surface area contributed by atoms with Crippen LogP contribution in [0.2, 0.25) is 0 Å². The van der Waals surface area contributed by atoms with E-state index < -0.39 is 0 Å². The Morgan fingerprint density at radius 2 is 2.25 bits per heavy atom. The highest BCUT2D eigenvalue weighted by Gasteiger charge is 2.27. The zero-order valence-corrected chi connectivity index (χ0v) is 11.9. The molecule has 3 rings (SSSR count). The number of para-hydroxylation sites is 1. The molecule has 1 aromatic carbocycles. The number of ketones is 1. The molecule has 20 heavy (non-hydrogen) atoms. The SMILES string of the molecule is COc1ccccc1C(=O)CSc1n[nH]c(C2CC2)n1. The first-order valence-corrected chi connectivity index (χ1v) is 7.48. The molecule has 0 bridgehead atoms. The summed E-state index contributed by atoms with van der Waals surface area (Å²) >= 11 is 1.35. The lowest BCUT2D eigenvalue weighted by Crippen LogP contribution is -2.05. The molecule has 2 aromatic rings. The van der Waals surface area contributed by atoms with Crippen LogP contribution in [-0.4, -0.2) is 33.8 Å². The average molecular weight is 289 g/mol. The first kappa shape index (κ1) is 13.2. The second-order valence-electron chi connectivity index (χ2n) is 4.69. The summed E-state index contributed by atoms with van der Waals surface area (Å²) in [5.41, 5.74) is 0.598. The van der Waals surface area contributed by atoms with Crippen molar-refractivity contribution in [2.75, 3.05) is 12.9 Å². The molecule has 1 saturated carbocycles. The van der Waals surface area contributed by atoms with Gasteiger partial charge in [-0.2, -0.15) is 0 Å². The number of rotatable bonds is 6. The van der Waals surface area contributed by atoms with Crippen LogP contribution in [0.15, 0.2) is 29.4 Å². The van der Waals surface area contributed by atoms with Crippen LogP contribution in [0, 0.1) is 0 Å². The monoisotopic (exact) mass is 289 g/mol. The van der Waals surface area contributed by atoms with Gasteiger partial charge < -0.3 is 4.74 Å². The lowest BCUT2D eigenvalue weighted by atomic mass is 10.1. The molecule has 0 aliphatic heterocycles. The van der Waals surface area contributed by atoms with Gasteiger partial charge in [0, 0.05) is 5.92 Å². The number of benzene rings is 1. The Balaban J connectivity index is 1.63. The minimum Gasteiger partial charge on any atom is -0.496 e. The molecule has 1 aliphatic carbocycles. The molecule has 0 radical (unpaired) electrons. The zero-order valence-electron chi connectivity index (χ0n) is 11.1. The minimum absolute atomic E-state index is 0.0187. The molecule has 1 fully saturated rings. The van der Waals surface area contributed by atoms with Crippen LogP contribution < -0.4 is 4.74 Å². The van der Waals surface area contributed by atoms with E-state index in [2.05, 4.69) is 15.2 Å². The maximum Gasteiger partial charge on any atom is 0.208 e. The smallest absolute Gasteiger partial charge is 0.208 e. The highest BCUT2D eigenvalue weighted by molar-refractivity contribution is 7.99. The van der Waals surface area contributed by atoms with Crippen molar-refractivity contribution in [3.05, 3.63) is 35.7 Å². The van der Waals surface area contributed by atoms with Crippen molar-refractivity contribution in [3.63, 3.8) is 0 Å². The number of H-pyrrole nitrogens is 1. The maximum absolute atomic E-state index is 12.2. The van der Waals surface area contributed by atoms with Crippen LogP contribution in [0.5, 0.6) is 5.75 Å². The molecular formula is C14H15N3O2S. The summed E-state index contributed by atoms with van der Waals surface area (Å²) in [7, 11) is 1.57. The van der Waals surface area contributed by atoms with Crippen molar-refractivity contribution in [1.82, 2.24) is 15.2 Å². The summed E-state index contributed by atoms with van der Waals surface area (Å²) in [4.78, 5) is 16.6. The van der Waals surface area contributed by atoms with Gasteiger partial charge >= 0.3 is 0 Å². The van der Waals surface area contributed by atoms with Crippen LogP contribution in [0.1, 0.15) is 34.9 Å². The van der Waals surface area contributed by atoms with E-state index >= 15 is 0 Å². The average Bonchev–Trinajstić information content (AvgIpc) is 3.23. The van der Waals surface area contributed by atoms with E-state index in [-0.39, 0.29) is 5.78 Å². The predicted molar refractivity (Wildman–Crippen MR) is 76.4 cm³/mol. The molecule has 0 unspecified atom stereocenters. The highest BCUT2D eigenvalue weighted by Crippen LogP contribution is 2.38. The summed E-state index contributed by atoms with van der Waals surface area (Å²) in [6.45, 7) is 0. The van der Waals surface area contributed by atoms with Crippen molar-refractivity contribution >= 4 is 17.5 Å². The van der Waals surface area contributed by atoms with Gasteiger partial charge in [0.2, 0.25) is 5.16 Å². The Morgan fingerprint density at radius 1 is 1.45 bits per heavy atom. The van der Waals surface area contributed by atoms with Crippen molar-refractivity contribution in [2.24, 2.45) is 0 Å². The Hall–Kier alpha value is -1.82. The Bertz CT molecular complexity index is 622. The van der Waals surface area contributed by atoms with Gasteiger partial charge in [-0.15, -0.1) is 5.10 Å². The summed E-state index contributed by atoms with van der Waals surface area (Å²) in [6, 6.07) is 7.24. The van der Waals surface area contributed by atoms with Crippen LogP contribution in [0.25, 0.3) is 0 Å². The Labute approximate surface area is 121 Å². The van der Waals surface area contributed by atoms with E-state index in [0.29, 0.717) is 28.1 Å². The molecule has 0 amide bonds. The molecule has 1 aliphatic rings. The number of carbonyl (C=O) groups is 1. The number of nitrogens with one attached hydrogen (secondary N) is 1. The molecule has 0 spiro atoms. The van der Waals surface area contributed by atoms with E-state index in [1.165, 1.54) is 24.6 Å². The summed E-state index contributed by atoms with van der Waals surface area (Å²) in [5.74, 6) is 2.42. The van der Waals surface area contributed by atoms with Crippen molar-refractivity contribution in [3.8, 4) is 5.75 Å². The van der Waals surface area contributed by atoms with E-state index in [0.717, 1.165) is 5.82 Å².